The van der Waals surface area contributed by atoms with Gasteiger partial charge in [0.15, 0.2) is 0 Å². The van der Waals surface area contributed by atoms with Gasteiger partial charge in [-0.25, -0.2) is 0 Å². The molecule has 0 aliphatic heterocycles. The molecule has 13 heavy (non-hydrogen) atoms. The van der Waals surface area contributed by atoms with Crippen molar-refractivity contribution in [3.63, 3.8) is 0 Å². The zero-order valence-corrected chi connectivity index (χ0v) is 8.17. The standard InChI is InChI=1S/C10H15NO2/c1-7-9(2,3)8-4-5-10(7,6-8)11(12)13/h8H,1,4-6H2,2-3H3/t8-,10-/m0/s1. The summed E-state index contributed by atoms with van der Waals surface area (Å²) in [6, 6.07) is 0. The summed E-state index contributed by atoms with van der Waals surface area (Å²) in [4.78, 5) is 10.9. The van der Waals surface area contributed by atoms with E-state index in [1.165, 1.54) is 0 Å². The zero-order valence-electron chi connectivity index (χ0n) is 8.17. The Morgan fingerprint density at radius 1 is 1.62 bits per heavy atom. The molecule has 2 aliphatic carbocycles. The van der Waals surface area contributed by atoms with Crippen LogP contribution in [-0.4, -0.2) is 10.5 Å². The molecule has 0 aromatic carbocycles. The highest BCUT2D eigenvalue weighted by molar-refractivity contribution is 5.31. The summed E-state index contributed by atoms with van der Waals surface area (Å²) in [5, 5.41) is 11.0. The lowest BCUT2D eigenvalue weighted by Gasteiger charge is -2.32. The van der Waals surface area contributed by atoms with Gasteiger partial charge in [0.05, 0.1) is 0 Å². The van der Waals surface area contributed by atoms with E-state index in [-0.39, 0.29) is 10.3 Å². The van der Waals surface area contributed by atoms with Crippen LogP contribution in [0.5, 0.6) is 0 Å². The van der Waals surface area contributed by atoms with E-state index in [0.29, 0.717) is 18.8 Å². The number of hydrogen-bond donors (Lipinski definition) is 0. The molecule has 2 saturated carbocycles. The van der Waals surface area contributed by atoms with E-state index in [4.69, 9.17) is 0 Å². The van der Waals surface area contributed by atoms with Gasteiger partial charge >= 0.3 is 0 Å². The van der Waals surface area contributed by atoms with E-state index in [1.54, 1.807) is 0 Å². The van der Waals surface area contributed by atoms with Crippen LogP contribution in [0.4, 0.5) is 0 Å². The largest absolute Gasteiger partial charge is 0.264 e. The van der Waals surface area contributed by atoms with Gasteiger partial charge in [0, 0.05) is 23.3 Å². The van der Waals surface area contributed by atoms with Crippen molar-refractivity contribution < 1.29 is 4.92 Å². The normalized spacial score (nSPS) is 41.1. The maximum atomic E-state index is 11.0. The quantitative estimate of drug-likeness (QED) is 0.354. The number of nitrogens with zero attached hydrogens (tertiary/aromatic N) is 1. The van der Waals surface area contributed by atoms with Gasteiger partial charge in [0.25, 0.3) is 0 Å². The highest BCUT2D eigenvalue weighted by Crippen LogP contribution is 2.61. The molecule has 0 heterocycles. The molecule has 0 unspecified atom stereocenters. The van der Waals surface area contributed by atoms with Gasteiger partial charge in [-0.05, 0) is 17.8 Å². The molecule has 2 rings (SSSR count). The predicted molar refractivity (Wildman–Crippen MR) is 50.0 cm³/mol. The highest BCUT2D eigenvalue weighted by Gasteiger charge is 2.65. The second-order valence-electron chi connectivity index (χ2n) is 4.93. The first-order valence-electron chi connectivity index (χ1n) is 4.75. The van der Waals surface area contributed by atoms with Crippen LogP contribution in [0.3, 0.4) is 0 Å². The van der Waals surface area contributed by atoms with Crippen LogP contribution in [0.1, 0.15) is 33.1 Å². The molecule has 0 aromatic heterocycles. The van der Waals surface area contributed by atoms with Gasteiger partial charge in [0.1, 0.15) is 0 Å². The molecule has 0 amide bonds. The van der Waals surface area contributed by atoms with Crippen molar-refractivity contribution in [2.75, 3.05) is 0 Å². The van der Waals surface area contributed by atoms with Crippen LogP contribution in [-0.2, 0) is 0 Å². The topological polar surface area (TPSA) is 43.1 Å². The molecular weight excluding hydrogens is 166 g/mol. The molecule has 2 atom stereocenters. The molecule has 2 fully saturated rings. The Kier molecular flexibility index (Phi) is 1.44. The van der Waals surface area contributed by atoms with Crippen molar-refractivity contribution in [2.45, 2.75) is 38.6 Å². The van der Waals surface area contributed by atoms with Crippen molar-refractivity contribution in [3.05, 3.63) is 22.3 Å². The second-order valence-corrected chi connectivity index (χ2v) is 4.93. The van der Waals surface area contributed by atoms with E-state index in [0.717, 1.165) is 12.0 Å². The van der Waals surface area contributed by atoms with Crippen LogP contribution >= 0.6 is 0 Å². The Balaban J connectivity index is 2.46. The Morgan fingerprint density at radius 3 is 2.54 bits per heavy atom. The Hall–Kier alpha value is -0.860. The third-order valence-electron chi connectivity index (χ3n) is 4.20. The smallest absolute Gasteiger partial charge is 0.243 e. The predicted octanol–water partition coefficient (Wildman–Crippen LogP) is 2.40. The van der Waals surface area contributed by atoms with Gasteiger partial charge in [0.2, 0.25) is 5.54 Å². The number of rotatable bonds is 1. The molecule has 0 saturated heterocycles. The molecule has 2 bridgehead atoms. The molecule has 0 radical (unpaired) electrons. The van der Waals surface area contributed by atoms with Crippen molar-refractivity contribution in [1.82, 2.24) is 0 Å². The molecular formula is C10H15NO2. The Morgan fingerprint density at radius 2 is 2.23 bits per heavy atom. The second kappa shape index (κ2) is 2.14. The van der Waals surface area contributed by atoms with Gasteiger partial charge in [-0.1, -0.05) is 20.4 Å². The molecule has 0 N–H and O–H groups in total. The van der Waals surface area contributed by atoms with Gasteiger partial charge < -0.3 is 0 Å². The summed E-state index contributed by atoms with van der Waals surface area (Å²) in [7, 11) is 0. The van der Waals surface area contributed by atoms with E-state index >= 15 is 0 Å². The van der Waals surface area contributed by atoms with Crippen LogP contribution in [0, 0.1) is 21.4 Å². The Bertz CT molecular complexity index is 295. The summed E-state index contributed by atoms with van der Waals surface area (Å²) < 4.78 is 0. The summed E-state index contributed by atoms with van der Waals surface area (Å²) in [6.07, 6.45) is 2.41. The third kappa shape index (κ3) is 0.798. The first kappa shape index (κ1) is 8.73. The third-order valence-corrected chi connectivity index (χ3v) is 4.20. The maximum Gasteiger partial charge on any atom is 0.243 e. The summed E-state index contributed by atoms with van der Waals surface area (Å²) in [5.41, 5.74) is 0.0562. The van der Waals surface area contributed by atoms with Gasteiger partial charge in [-0.2, -0.15) is 0 Å². The molecule has 3 nitrogen and oxygen atoms in total. The zero-order chi connectivity index (χ0) is 9.85. The SMILES string of the molecule is C=C1C(C)(C)[C@H]2CC[C@]1([N+](=O)[O-])C2. The lowest BCUT2D eigenvalue weighted by Crippen LogP contribution is -2.39. The van der Waals surface area contributed by atoms with Crippen LogP contribution in [0.15, 0.2) is 12.2 Å². The lowest BCUT2D eigenvalue weighted by molar-refractivity contribution is -0.555. The van der Waals surface area contributed by atoms with Crippen molar-refractivity contribution in [1.29, 1.82) is 0 Å². The van der Waals surface area contributed by atoms with Crippen LogP contribution in [0.25, 0.3) is 0 Å². The summed E-state index contributed by atoms with van der Waals surface area (Å²) in [6.45, 7) is 8.12. The van der Waals surface area contributed by atoms with E-state index in [9.17, 15) is 10.1 Å². The minimum atomic E-state index is -0.770. The van der Waals surface area contributed by atoms with E-state index < -0.39 is 5.54 Å². The van der Waals surface area contributed by atoms with Crippen molar-refractivity contribution in [2.24, 2.45) is 11.3 Å². The minimum absolute atomic E-state index is 0.0225. The van der Waals surface area contributed by atoms with E-state index in [1.807, 2.05) is 0 Å². The fourth-order valence-corrected chi connectivity index (χ4v) is 3.04. The minimum Gasteiger partial charge on any atom is -0.264 e. The van der Waals surface area contributed by atoms with Crippen molar-refractivity contribution in [3.8, 4) is 0 Å². The number of nitro groups is 1. The summed E-state index contributed by atoms with van der Waals surface area (Å²) >= 11 is 0. The highest BCUT2D eigenvalue weighted by atomic mass is 16.6. The van der Waals surface area contributed by atoms with Gasteiger partial charge in [-0.3, -0.25) is 10.1 Å². The molecule has 3 heteroatoms. The average molecular weight is 181 g/mol. The molecule has 72 valence electrons. The van der Waals surface area contributed by atoms with Gasteiger partial charge in [-0.15, -0.1) is 0 Å². The maximum absolute atomic E-state index is 11.0. The lowest BCUT2D eigenvalue weighted by atomic mass is 9.72. The molecule has 2 aliphatic rings. The fraction of sp³-hybridized carbons (Fsp3) is 0.800. The molecule has 0 spiro atoms. The fourth-order valence-electron chi connectivity index (χ4n) is 3.04. The van der Waals surface area contributed by atoms with Crippen LogP contribution in [0.2, 0.25) is 0 Å². The number of hydrogen-bond acceptors (Lipinski definition) is 2. The van der Waals surface area contributed by atoms with Crippen molar-refractivity contribution >= 4 is 0 Å². The number of fused-ring (bicyclic) bond motifs is 2. The summed E-state index contributed by atoms with van der Waals surface area (Å²) in [5.74, 6) is 0.477. The van der Waals surface area contributed by atoms with E-state index in [2.05, 4.69) is 20.4 Å². The monoisotopic (exact) mass is 181 g/mol. The first-order chi connectivity index (χ1) is 5.91. The Labute approximate surface area is 78.0 Å². The first-order valence-corrected chi connectivity index (χ1v) is 4.75. The molecule has 0 aromatic rings. The average Bonchev–Trinajstić information content (AvgIpc) is 2.53. The van der Waals surface area contributed by atoms with Crippen LogP contribution < -0.4 is 0 Å².